The summed E-state index contributed by atoms with van der Waals surface area (Å²) in [4.78, 5) is 32.9. The molecule has 0 unspecified atom stereocenters. The van der Waals surface area contributed by atoms with Crippen molar-refractivity contribution >= 4 is 35.6 Å². The summed E-state index contributed by atoms with van der Waals surface area (Å²) in [6.07, 6.45) is 6.79. The number of aromatic amines is 1. The molecule has 1 aliphatic carbocycles. The van der Waals surface area contributed by atoms with Crippen molar-refractivity contribution in [1.82, 2.24) is 25.6 Å². The molecule has 4 aromatic rings. The number of nitrogens with zero attached hydrogens (tertiary/aromatic N) is 5. The van der Waals surface area contributed by atoms with Crippen LogP contribution in [-0.4, -0.2) is 50.0 Å². The van der Waals surface area contributed by atoms with Crippen molar-refractivity contribution in [2.24, 2.45) is 23.3 Å². The zero-order valence-electron chi connectivity index (χ0n) is 22.5. The number of H-pyrrole nitrogens is 1. The second-order valence-electron chi connectivity index (χ2n) is 10.3. The first-order valence-electron chi connectivity index (χ1n) is 13.4. The van der Waals surface area contributed by atoms with Crippen LogP contribution in [0.15, 0.2) is 67.0 Å². The van der Waals surface area contributed by atoms with Crippen molar-refractivity contribution in [2.75, 3.05) is 17.2 Å². The average molecular weight is 576 g/mol. The minimum absolute atomic E-state index is 0. The van der Waals surface area contributed by atoms with Gasteiger partial charge < -0.3 is 17.2 Å². The number of carbonyl (C=O) groups is 2. The molecule has 214 valence electrons. The molecule has 0 spiro atoms. The van der Waals surface area contributed by atoms with Gasteiger partial charge >= 0.3 is 0 Å². The number of carbonyl (C=O) groups excluding carboxylic acids is 2. The second-order valence-corrected chi connectivity index (χ2v) is 10.3. The van der Waals surface area contributed by atoms with Crippen LogP contribution in [0.5, 0.6) is 0 Å². The Labute approximate surface area is 244 Å². The normalized spacial score (nSPS) is 17.3. The van der Waals surface area contributed by atoms with Crippen molar-refractivity contribution in [3.63, 3.8) is 0 Å². The maximum absolute atomic E-state index is 14.1. The minimum atomic E-state index is -0.897. The van der Waals surface area contributed by atoms with Crippen molar-refractivity contribution in [3.05, 3.63) is 72.6 Å². The summed E-state index contributed by atoms with van der Waals surface area (Å²) in [5.41, 5.74) is 22.3. The van der Waals surface area contributed by atoms with Crippen LogP contribution >= 0.6 is 12.4 Å². The first kappa shape index (κ1) is 29.6. The minimum Gasteiger partial charge on any atom is -0.397 e. The summed E-state index contributed by atoms with van der Waals surface area (Å²) in [6, 6.07) is 15.9. The Morgan fingerprint density at radius 2 is 1.73 bits per heavy atom. The van der Waals surface area contributed by atoms with Crippen LogP contribution in [0.25, 0.3) is 22.5 Å². The predicted octanol–water partition coefficient (Wildman–Crippen LogP) is 3.13. The molecule has 5 rings (SSSR count). The number of hydrogen-bond donors (Lipinski definition) is 4. The Hall–Kier alpha value is -4.35. The number of nitrogen functional groups attached to an aromatic ring is 1. The number of hydrogen-bond acceptors (Lipinski definition) is 8. The van der Waals surface area contributed by atoms with E-state index in [0.717, 1.165) is 47.9 Å². The highest BCUT2D eigenvalue weighted by molar-refractivity contribution is 6.01. The monoisotopic (exact) mass is 575 g/mol. The maximum atomic E-state index is 14.1. The summed E-state index contributed by atoms with van der Waals surface area (Å²) >= 11 is 0. The third kappa shape index (κ3) is 6.87. The Morgan fingerprint density at radius 3 is 2.37 bits per heavy atom. The van der Waals surface area contributed by atoms with Crippen LogP contribution in [0, 0.1) is 11.8 Å². The molecule has 7 N–H and O–H groups in total. The zero-order chi connectivity index (χ0) is 28.1. The van der Waals surface area contributed by atoms with E-state index in [9.17, 15) is 9.59 Å². The topological polar surface area (TPSA) is 183 Å². The molecule has 0 bridgehead atoms. The molecule has 2 aromatic heterocycles. The molecule has 12 heteroatoms. The summed E-state index contributed by atoms with van der Waals surface area (Å²) in [6.45, 7) is 0.616. The number of halogens is 1. The number of anilines is 2. The van der Waals surface area contributed by atoms with Gasteiger partial charge in [-0.1, -0.05) is 24.3 Å². The van der Waals surface area contributed by atoms with Crippen molar-refractivity contribution < 1.29 is 9.59 Å². The molecule has 2 aromatic carbocycles. The Kier molecular flexibility index (Phi) is 9.64. The van der Waals surface area contributed by atoms with Gasteiger partial charge in [0.15, 0.2) is 5.82 Å². The number of tetrazole rings is 1. The maximum Gasteiger partial charge on any atom is 0.240 e. The molecule has 1 aliphatic rings. The molecule has 0 radical (unpaired) electrons. The molecule has 0 aliphatic heterocycles. The standard InChI is InChI=1S/C29H33N9O2.ClH/c30-15-18-4-6-21(7-5-18)29(40)38(25-10-8-20(9-11-25)28-34-36-37-35-28)26(27(32)39)13-19-2-1-3-22(12-19)23-14-24(31)17-33-16-23;/h1-3,8-12,14,16-18,21,26H,4-7,13,15,30-31H2,(H2,32,39)(H,34,35,36,37);1H/t18-,21-,26-;/m0./s1. The summed E-state index contributed by atoms with van der Waals surface area (Å²) in [5.74, 6) is 0.0212. The third-order valence-corrected chi connectivity index (χ3v) is 7.62. The van der Waals surface area contributed by atoms with Gasteiger partial charge in [-0.05, 0) is 90.0 Å². The predicted molar refractivity (Wildman–Crippen MR) is 160 cm³/mol. The number of nitrogens with one attached hydrogen (secondary N) is 1. The highest BCUT2D eigenvalue weighted by Gasteiger charge is 2.36. The van der Waals surface area contributed by atoms with Crippen LogP contribution in [0.1, 0.15) is 31.2 Å². The number of benzene rings is 2. The number of primary amides is 1. The van der Waals surface area contributed by atoms with Gasteiger partial charge in [0.2, 0.25) is 11.8 Å². The van der Waals surface area contributed by atoms with Crippen LogP contribution in [0.2, 0.25) is 0 Å². The van der Waals surface area contributed by atoms with Crippen molar-refractivity contribution in [1.29, 1.82) is 0 Å². The molecule has 41 heavy (non-hydrogen) atoms. The molecular weight excluding hydrogens is 542 g/mol. The van der Waals surface area contributed by atoms with E-state index in [0.29, 0.717) is 29.7 Å². The Morgan fingerprint density at radius 1 is 0.976 bits per heavy atom. The fourth-order valence-corrected chi connectivity index (χ4v) is 5.40. The number of rotatable bonds is 9. The van der Waals surface area contributed by atoms with E-state index in [1.165, 1.54) is 0 Å². The lowest BCUT2D eigenvalue weighted by Crippen LogP contribution is -2.52. The zero-order valence-corrected chi connectivity index (χ0v) is 23.3. The van der Waals surface area contributed by atoms with Crippen molar-refractivity contribution in [3.8, 4) is 22.5 Å². The van der Waals surface area contributed by atoms with Gasteiger partial charge in [-0.25, -0.2) is 5.10 Å². The largest absolute Gasteiger partial charge is 0.397 e. The van der Waals surface area contributed by atoms with E-state index in [-0.39, 0.29) is 30.7 Å². The second kappa shape index (κ2) is 13.3. The van der Waals surface area contributed by atoms with Crippen LogP contribution < -0.4 is 22.1 Å². The molecule has 2 heterocycles. The van der Waals surface area contributed by atoms with Crippen molar-refractivity contribution in [2.45, 2.75) is 38.1 Å². The van der Waals surface area contributed by atoms with Gasteiger partial charge in [0.05, 0.1) is 5.69 Å². The van der Waals surface area contributed by atoms with E-state index >= 15 is 0 Å². The molecular formula is C29H34ClN9O2. The molecule has 11 nitrogen and oxygen atoms in total. The highest BCUT2D eigenvalue weighted by Crippen LogP contribution is 2.33. The van der Waals surface area contributed by atoms with Crippen LogP contribution in [-0.2, 0) is 16.0 Å². The lowest BCUT2D eigenvalue weighted by Gasteiger charge is -2.35. The number of amides is 2. The van der Waals surface area contributed by atoms with Gasteiger partial charge in [0.1, 0.15) is 6.04 Å². The SMILES string of the molecule is Cl.NC[C@H]1CC[C@H](C(=O)N(c2ccc(-c3nnn[nH]3)cc2)[C@@H](Cc2cccc(-c3cncc(N)c3)c2)C(N)=O)CC1. The van der Waals surface area contributed by atoms with E-state index in [4.69, 9.17) is 17.2 Å². The lowest BCUT2D eigenvalue weighted by molar-refractivity contribution is -0.127. The fraction of sp³-hybridized carbons (Fsp3) is 0.310. The Balaban J connectivity index is 0.00000387. The summed E-state index contributed by atoms with van der Waals surface area (Å²) < 4.78 is 0. The van der Waals surface area contributed by atoms with Gasteiger partial charge in [-0.15, -0.1) is 17.5 Å². The van der Waals surface area contributed by atoms with E-state index in [1.807, 2.05) is 42.5 Å². The number of aromatic nitrogens is 5. The van der Waals surface area contributed by atoms with E-state index < -0.39 is 11.9 Å². The van der Waals surface area contributed by atoms with Gasteiger partial charge in [-0.2, -0.15) is 0 Å². The van der Waals surface area contributed by atoms with Gasteiger partial charge in [-0.3, -0.25) is 19.5 Å². The smallest absolute Gasteiger partial charge is 0.240 e. The fourth-order valence-electron chi connectivity index (χ4n) is 5.40. The van der Waals surface area contributed by atoms with Gasteiger partial charge in [0.25, 0.3) is 0 Å². The average Bonchev–Trinajstić information content (AvgIpc) is 3.52. The molecule has 0 saturated heterocycles. The first-order valence-corrected chi connectivity index (χ1v) is 13.4. The molecule has 1 saturated carbocycles. The summed E-state index contributed by atoms with van der Waals surface area (Å²) in [7, 11) is 0. The molecule has 1 fully saturated rings. The number of nitrogens with two attached hydrogens (primary N) is 3. The highest BCUT2D eigenvalue weighted by atomic mass is 35.5. The van der Waals surface area contributed by atoms with Gasteiger partial charge in [0, 0.05) is 41.5 Å². The van der Waals surface area contributed by atoms with E-state index in [1.54, 1.807) is 29.4 Å². The molecule has 2 amide bonds. The lowest BCUT2D eigenvalue weighted by atomic mass is 9.81. The van der Waals surface area contributed by atoms with Crippen LogP contribution in [0.3, 0.4) is 0 Å². The van der Waals surface area contributed by atoms with E-state index in [2.05, 4.69) is 25.6 Å². The first-order chi connectivity index (χ1) is 19.4. The molecule has 1 atom stereocenters. The quantitative estimate of drug-likeness (QED) is 0.234. The third-order valence-electron chi connectivity index (χ3n) is 7.62. The van der Waals surface area contributed by atoms with Crippen LogP contribution in [0.4, 0.5) is 11.4 Å². The summed E-state index contributed by atoms with van der Waals surface area (Å²) in [5, 5.41) is 13.9. The Bertz CT molecular complexity index is 1460. The number of pyridine rings is 1.